The third kappa shape index (κ3) is 4.96. The van der Waals surface area contributed by atoms with Crippen molar-refractivity contribution >= 4 is 5.91 Å². The van der Waals surface area contributed by atoms with E-state index in [1.54, 1.807) is 0 Å². The van der Waals surface area contributed by atoms with Crippen LogP contribution in [0.3, 0.4) is 0 Å². The Morgan fingerprint density at radius 3 is 2.62 bits per heavy atom. The molecule has 3 unspecified atom stereocenters. The van der Waals surface area contributed by atoms with Crippen LogP contribution in [0.15, 0.2) is 0 Å². The summed E-state index contributed by atoms with van der Waals surface area (Å²) < 4.78 is 6.10. The molecule has 2 fully saturated rings. The second-order valence-corrected chi connectivity index (χ2v) is 7.08. The molecule has 0 heterocycles. The number of rotatable bonds is 9. The topological polar surface area (TPSA) is 64.3 Å². The van der Waals surface area contributed by atoms with Crippen LogP contribution in [0.2, 0.25) is 0 Å². The van der Waals surface area contributed by atoms with Gasteiger partial charge in [0.25, 0.3) is 0 Å². The van der Waals surface area contributed by atoms with Gasteiger partial charge in [0.15, 0.2) is 0 Å². The molecule has 0 radical (unpaired) electrons. The molecular weight excluding hydrogens is 264 g/mol. The van der Waals surface area contributed by atoms with Gasteiger partial charge in [-0.1, -0.05) is 26.2 Å². The first-order chi connectivity index (χ1) is 10.0. The third-order valence-electron chi connectivity index (χ3n) is 5.16. The van der Waals surface area contributed by atoms with Gasteiger partial charge in [-0.3, -0.25) is 4.79 Å². The Bertz CT molecular complexity index is 344. The summed E-state index contributed by atoms with van der Waals surface area (Å²) in [6.07, 6.45) is 10.8. The van der Waals surface area contributed by atoms with Gasteiger partial charge in [0, 0.05) is 12.6 Å². The van der Waals surface area contributed by atoms with Crippen LogP contribution in [0.5, 0.6) is 0 Å². The third-order valence-corrected chi connectivity index (χ3v) is 5.16. The Labute approximate surface area is 129 Å². The maximum Gasteiger partial charge on any atom is 0.237 e. The molecule has 3 N–H and O–H groups in total. The lowest BCUT2D eigenvalue weighted by Crippen LogP contribution is -2.54. The minimum absolute atomic E-state index is 0.237. The zero-order valence-corrected chi connectivity index (χ0v) is 13.7. The number of hydrogen-bond donors (Lipinski definition) is 2. The summed E-state index contributed by atoms with van der Waals surface area (Å²) in [7, 11) is 0. The van der Waals surface area contributed by atoms with Crippen LogP contribution in [0.25, 0.3) is 0 Å². The van der Waals surface area contributed by atoms with Crippen molar-refractivity contribution in [1.29, 1.82) is 0 Å². The highest BCUT2D eigenvalue weighted by molar-refractivity contribution is 5.84. The zero-order valence-electron chi connectivity index (χ0n) is 13.7. The Balaban J connectivity index is 1.70. The molecule has 4 nitrogen and oxygen atoms in total. The average Bonchev–Trinajstić information content (AvgIpc) is 3.27. The largest absolute Gasteiger partial charge is 0.378 e. The Morgan fingerprint density at radius 2 is 2.00 bits per heavy atom. The predicted molar refractivity (Wildman–Crippen MR) is 85.0 cm³/mol. The van der Waals surface area contributed by atoms with E-state index in [1.165, 1.54) is 44.9 Å². The number of carbonyl (C=O) groups is 1. The molecule has 0 aliphatic heterocycles. The highest BCUT2D eigenvalue weighted by Crippen LogP contribution is 2.29. The van der Waals surface area contributed by atoms with Gasteiger partial charge in [-0.2, -0.15) is 0 Å². The number of ether oxygens (including phenoxy) is 1. The number of hydrogen-bond acceptors (Lipinski definition) is 3. The first kappa shape index (κ1) is 16.8. The van der Waals surface area contributed by atoms with Crippen molar-refractivity contribution < 1.29 is 9.53 Å². The van der Waals surface area contributed by atoms with Crippen molar-refractivity contribution in [3.63, 3.8) is 0 Å². The van der Waals surface area contributed by atoms with Crippen molar-refractivity contribution in [3.8, 4) is 0 Å². The summed E-state index contributed by atoms with van der Waals surface area (Å²) in [6.45, 7) is 4.94. The fourth-order valence-corrected chi connectivity index (χ4v) is 3.47. The Morgan fingerprint density at radius 1 is 1.29 bits per heavy atom. The van der Waals surface area contributed by atoms with E-state index in [2.05, 4.69) is 12.2 Å². The van der Waals surface area contributed by atoms with Crippen LogP contribution < -0.4 is 11.1 Å². The van der Waals surface area contributed by atoms with Gasteiger partial charge in [-0.05, 0) is 51.4 Å². The smallest absolute Gasteiger partial charge is 0.237 e. The number of nitrogens with two attached hydrogens (primary N) is 1. The second-order valence-electron chi connectivity index (χ2n) is 7.08. The average molecular weight is 296 g/mol. The van der Waals surface area contributed by atoms with Gasteiger partial charge in [-0.15, -0.1) is 0 Å². The first-order valence-corrected chi connectivity index (χ1v) is 8.74. The van der Waals surface area contributed by atoms with Gasteiger partial charge in [0.2, 0.25) is 5.91 Å². The normalized spacial score (nSPS) is 29.0. The van der Waals surface area contributed by atoms with Gasteiger partial charge >= 0.3 is 0 Å². The van der Waals surface area contributed by atoms with Gasteiger partial charge in [-0.25, -0.2) is 0 Å². The summed E-state index contributed by atoms with van der Waals surface area (Å²) in [5.41, 5.74) is 5.01. The fourth-order valence-electron chi connectivity index (χ4n) is 3.47. The Hall–Kier alpha value is -0.610. The predicted octanol–water partition coefficient (Wildman–Crippen LogP) is 2.75. The first-order valence-electron chi connectivity index (χ1n) is 8.74. The summed E-state index contributed by atoms with van der Waals surface area (Å²) in [5.74, 6) is 0.490. The SMILES string of the molecule is CCC1CCCCC1OCCCC(C)(NC1CC1)C(N)=O. The van der Waals surface area contributed by atoms with Crippen molar-refractivity contribution in [3.05, 3.63) is 0 Å². The molecule has 0 aromatic carbocycles. The molecular formula is C17H32N2O2. The number of carbonyl (C=O) groups excluding carboxylic acids is 1. The van der Waals surface area contributed by atoms with Crippen LogP contribution in [0.4, 0.5) is 0 Å². The van der Waals surface area contributed by atoms with E-state index in [9.17, 15) is 4.79 Å². The van der Waals surface area contributed by atoms with Crippen molar-refractivity contribution in [2.75, 3.05) is 6.61 Å². The highest BCUT2D eigenvalue weighted by atomic mass is 16.5. The summed E-state index contributed by atoms with van der Waals surface area (Å²) >= 11 is 0. The molecule has 21 heavy (non-hydrogen) atoms. The molecule has 2 aliphatic carbocycles. The van der Waals surface area contributed by atoms with Crippen LogP contribution in [-0.4, -0.2) is 30.2 Å². The molecule has 0 aromatic heterocycles. The zero-order chi connectivity index (χ0) is 15.3. The highest BCUT2D eigenvalue weighted by Gasteiger charge is 2.36. The molecule has 122 valence electrons. The molecule has 3 atom stereocenters. The van der Waals surface area contributed by atoms with E-state index < -0.39 is 5.54 Å². The van der Waals surface area contributed by atoms with Crippen LogP contribution in [-0.2, 0) is 9.53 Å². The molecule has 2 rings (SSSR count). The molecule has 2 aliphatic rings. The second kappa shape index (κ2) is 7.59. The number of nitrogens with one attached hydrogen (secondary N) is 1. The van der Waals surface area contributed by atoms with Gasteiger partial charge in [0.1, 0.15) is 0 Å². The van der Waals surface area contributed by atoms with E-state index in [0.717, 1.165) is 25.4 Å². The molecule has 2 saturated carbocycles. The maximum absolute atomic E-state index is 11.7. The van der Waals surface area contributed by atoms with Crippen molar-refractivity contribution in [1.82, 2.24) is 5.32 Å². The lowest BCUT2D eigenvalue weighted by Gasteiger charge is -2.32. The molecule has 1 amide bonds. The molecule has 0 spiro atoms. The summed E-state index contributed by atoms with van der Waals surface area (Å²) in [4.78, 5) is 11.7. The van der Waals surface area contributed by atoms with E-state index >= 15 is 0 Å². The van der Waals surface area contributed by atoms with Gasteiger partial charge < -0.3 is 15.8 Å². The van der Waals surface area contributed by atoms with Crippen molar-refractivity contribution in [2.24, 2.45) is 11.7 Å². The number of primary amides is 1. The van der Waals surface area contributed by atoms with Crippen molar-refractivity contribution in [2.45, 2.75) is 89.3 Å². The molecule has 0 saturated heterocycles. The minimum Gasteiger partial charge on any atom is -0.378 e. The van der Waals surface area contributed by atoms with Crippen LogP contribution in [0, 0.1) is 5.92 Å². The minimum atomic E-state index is -0.568. The monoisotopic (exact) mass is 296 g/mol. The summed E-state index contributed by atoms with van der Waals surface area (Å²) in [6, 6.07) is 0.492. The van der Waals surface area contributed by atoms with E-state index in [1.807, 2.05) is 6.92 Å². The summed E-state index contributed by atoms with van der Waals surface area (Å²) in [5, 5.41) is 3.40. The van der Waals surface area contributed by atoms with E-state index in [-0.39, 0.29) is 5.91 Å². The number of amides is 1. The lowest BCUT2D eigenvalue weighted by molar-refractivity contribution is -0.124. The molecule has 4 heteroatoms. The van der Waals surface area contributed by atoms with Crippen LogP contribution in [0.1, 0.15) is 71.6 Å². The quantitative estimate of drug-likeness (QED) is 0.643. The maximum atomic E-state index is 11.7. The van der Waals surface area contributed by atoms with Crippen LogP contribution >= 0.6 is 0 Å². The van der Waals surface area contributed by atoms with E-state index in [4.69, 9.17) is 10.5 Å². The standard InChI is InChI=1S/C17H32N2O2/c1-3-13-7-4-5-8-15(13)21-12-6-11-17(2,16(18)20)19-14-9-10-14/h13-15,19H,3-12H2,1-2H3,(H2,18,20). The van der Waals surface area contributed by atoms with E-state index in [0.29, 0.717) is 12.1 Å². The van der Waals surface area contributed by atoms with Gasteiger partial charge in [0.05, 0.1) is 11.6 Å². The fraction of sp³-hybridized carbons (Fsp3) is 0.941. The Kier molecular flexibility index (Phi) is 6.06. The molecule has 0 aromatic rings. The molecule has 0 bridgehead atoms. The lowest BCUT2D eigenvalue weighted by atomic mass is 9.85.